The van der Waals surface area contributed by atoms with Crippen LogP contribution in [0.1, 0.15) is 12.5 Å². The van der Waals surface area contributed by atoms with E-state index in [0.29, 0.717) is 0 Å². The molecule has 0 aliphatic carbocycles. The third-order valence-corrected chi connectivity index (χ3v) is 3.77. The number of rotatable bonds is 5. The molecule has 24 heavy (non-hydrogen) atoms. The van der Waals surface area contributed by atoms with Crippen molar-refractivity contribution in [3.05, 3.63) is 78.4 Å². The lowest BCUT2D eigenvalue weighted by Crippen LogP contribution is -2.26. The lowest BCUT2D eigenvalue weighted by Gasteiger charge is -2.09. The van der Waals surface area contributed by atoms with Crippen molar-refractivity contribution in [3.63, 3.8) is 0 Å². The number of carbonyl (C=O) groups excluding carboxylic acids is 1. The SMILES string of the molecule is C/C(=N/NC(=O)CNc1cccc2ccccc12)c1ccccc1. The van der Waals surface area contributed by atoms with E-state index < -0.39 is 0 Å². The van der Waals surface area contributed by atoms with E-state index in [1.54, 1.807) is 0 Å². The highest BCUT2D eigenvalue weighted by atomic mass is 16.2. The zero-order chi connectivity index (χ0) is 16.8. The second kappa shape index (κ2) is 7.42. The van der Waals surface area contributed by atoms with E-state index in [2.05, 4.69) is 15.8 Å². The number of benzene rings is 3. The largest absolute Gasteiger partial charge is 0.376 e. The fourth-order valence-corrected chi connectivity index (χ4v) is 2.48. The van der Waals surface area contributed by atoms with Gasteiger partial charge in [0.2, 0.25) is 0 Å². The van der Waals surface area contributed by atoms with Gasteiger partial charge in [0.25, 0.3) is 5.91 Å². The van der Waals surface area contributed by atoms with Crippen LogP contribution < -0.4 is 10.7 Å². The molecule has 0 heterocycles. The van der Waals surface area contributed by atoms with Gasteiger partial charge in [-0.1, -0.05) is 66.7 Å². The molecule has 0 saturated carbocycles. The van der Waals surface area contributed by atoms with Gasteiger partial charge >= 0.3 is 0 Å². The normalized spacial score (nSPS) is 11.3. The molecule has 3 aromatic carbocycles. The monoisotopic (exact) mass is 317 g/mol. The Morgan fingerprint density at radius 1 is 0.917 bits per heavy atom. The maximum Gasteiger partial charge on any atom is 0.259 e. The van der Waals surface area contributed by atoms with Crippen molar-refractivity contribution in [2.24, 2.45) is 5.10 Å². The van der Waals surface area contributed by atoms with E-state index in [4.69, 9.17) is 0 Å². The molecular formula is C20H19N3O. The minimum atomic E-state index is -0.182. The summed E-state index contributed by atoms with van der Waals surface area (Å²) in [4.78, 5) is 12.0. The molecule has 0 radical (unpaired) electrons. The van der Waals surface area contributed by atoms with Crippen LogP contribution >= 0.6 is 0 Å². The van der Waals surface area contributed by atoms with Crippen molar-refractivity contribution in [2.45, 2.75) is 6.92 Å². The zero-order valence-corrected chi connectivity index (χ0v) is 13.5. The van der Waals surface area contributed by atoms with Crippen LogP contribution in [0, 0.1) is 0 Å². The van der Waals surface area contributed by atoms with Gasteiger partial charge in [-0.2, -0.15) is 5.10 Å². The molecule has 0 aliphatic heterocycles. The average Bonchev–Trinajstić information content (AvgIpc) is 2.65. The summed E-state index contributed by atoms with van der Waals surface area (Å²) in [6, 6.07) is 23.8. The van der Waals surface area contributed by atoms with E-state index in [1.807, 2.05) is 79.7 Å². The van der Waals surface area contributed by atoms with Crippen molar-refractivity contribution in [1.82, 2.24) is 5.43 Å². The Balaban J connectivity index is 1.61. The van der Waals surface area contributed by atoms with Gasteiger partial charge in [0, 0.05) is 11.1 Å². The van der Waals surface area contributed by atoms with Gasteiger partial charge in [0.15, 0.2) is 0 Å². The summed E-state index contributed by atoms with van der Waals surface area (Å²) in [6.07, 6.45) is 0. The molecule has 2 N–H and O–H groups in total. The fourth-order valence-electron chi connectivity index (χ4n) is 2.48. The smallest absolute Gasteiger partial charge is 0.259 e. The number of anilines is 1. The second-order valence-corrected chi connectivity index (χ2v) is 5.48. The van der Waals surface area contributed by atoms with Crippen LogP contribution in [0.4, 0.5) is 5.69 Å². The Kier molecular flexibility index (Phi) is 4.87. The number of nitrogens with one attached hydrogen (secondary N) is 2. The van der Waals surface area contributed by atoms with E-state index in [1.165, 1.54) is 0 Å². The first-order chi connectivity index (χ1) is 11.7. The minimum Gasteiger partial charge on any atom is -0.376 e. The molecule has 0 aliphatic rings. The topological polar surface area (TPSA) is 53.5 Å². The van der Waals surface area contributed by atoms with Gasteiger partial charge < -0.3 is 5.32 Å². The van der Waals surface area contributed by atoms with Gasteiger partial charge in [-0.15, -0.1) is 0 Å². The highest BCUT2D eigenvalue weighted by molar-refractivity contribution is 5.99. The first kappa shape index (κ1) is 15.7. The number of hydrogen-bond acceptors (Lipinski definition) is 3. The Morgan fingerprint density at radius 2 is 1.62 bits per heavy atom. The van der Waals surface area contributed by atoms with Crippen molar-refractivity contribution in [1.29, 1.82) is 0 Å². The molecule has 3 rings (SSSR count). The van der Waals surface area contributed by atoms with Crippen LogP contribution in [0.25, 0.3) is 10.8 Å². The molecule has 1 amide bonds. The van der Waals surface area contributed by atoms with Crippen LogP contribution in [-0.2, 0) is 4.79 Å². The third kappa shape index (κ3) is 3.79. The van der Waals surface area contributed by atoms with Gasteiger partial charge in [0.05, 0.1) is 12.3 Å². The molecule has 4 nitrogen and oxygen atoms in total. The molecule has 120 valence electrons. The summed E-state index contributed by atoms with van der Waals surface area (Å²) in [5.41, 5.74) is 5.28. The van der Waals surface area contributed by atoms with Crippen molar-refractivity contribution < 1.29 is 4.79 Å². The number of fused-ring (bicyclic) bond motifs is 1. The Labute approximate surface area is 141 Å². The summed E-state index contributed by atoms with van der Waals surface area (Å²) in [7, 11) is 0. The summed E-state index contributed by atoms with van der Waals surface area (Å²) < 4.78 is 0. The van der Waals surface area contributed by atoms with Gasteiger partial charge in [-0.25, -0.2) is 5.43 Å². The maximum atomic E-state index is 12.0. The van der Waals surface area contributed by atoms with Gasteiger partial charge in [-0.05, 0) is 23.9 Å². The fraction of sp³-hybridized carbons (Fsp3) is 0.100. The number of amides is 1. The van der Waals surface area contributed by atoms with Gasteiger partial charge in [-0.3, -0.25) is 4.79 Å². The second-order valence-electron chi connectivity index (χ2n) is 5.48. The van der Waals surface area contributed by atoms with Crippen LogP contribution in [0.3, 0.4) is 0 Å². The lowest BCUT2D eigenvalue weighted by atomic mass is 10.1. The molecule has 0 fully saturated rings. The lowest BCUT2D eigenvalue weighted by molar-refractivity contribution is -0.119. The van der Waals surface area contributed by atoms with Crippen LogP contribution in [0.2, 0.25) is 0 Å². The quantitative estimate of drug-likeness (QED) is 0.555. The Hall–Kier alpha value is -3.14. The number of nitrogens with zero attached hydrogens (tertiary/aromatic N) is 1. The van der Waals surface area contributed by atoms with Crippen LogP contribution in [0.5, 0.6) is 0 Å². The molecule has 0 aromatic heterocycles. The summed E-state index contributed by atoms with van der Waals surface area (Å²) in [6.45, 7) is 2.04. The summed E-state index contributed by atoms with van der Waals surface area (Å²) in [5, 5.41) is 9.55. The van der Waals surface area contributed by atoms with E-state index in [-0.39, 0.29) is 12.5 Å². The van der Waals surface area contributed by atoms with E-state index >= 15 is 0 Å². The maximum absolute atomic E-state index is 12.0. The molecule has 0 unspecified atom stereocenters. The van der Waals surface area contributed by atoms with Crippen molar-refractivity contribution in [2.75, 3.05) is 11.9 Å². The molecular weight excluding hydrogens is 298 g/mol. The standard InChI is InChI=1S/C20H19N3O/c1-15(16-8-3-2-4-9-16)22-23-20(24)14-21-19-13-7-11-17-10-5-6-12-18(17)19/h2-13,21H,14H2,1H3,(H,23,24)/b22-15-. The molecule has 0 atom stereocenters. The molecule has 0 saturated heterocycles. The van der Waals surface area contributed by atoms with Crippen LogP contribution in [-0.4, -0.2) is 18.2 Å². The minimum absolute atomic E-state index is 0.166. The predicted octanol–water partition coefficient (Wildman–Crippen LogP) is 3.79. The Bertz CT molecular complexity index is 867. The first-order valence-corrected chi connectivity index (χ1v) is 7.84. The van der Waals surface area contributed by atoms with E-state index in [0.717, 1.165) is 27.7 Å². The number of hydrogen-bond donors (Lipinski definition) is 2. The predicted molar refractivity (Wildman–Crippen MR) is 99.2 cm³/mol. The first-order valence-electron chi connectivity index (χ1n) is 7.84. The third-order valence-electron chi connectivity index (χ3n) is 3.77. The molecule has 4 heteroatoms. The van der Waals surface area contributed by atoms with Crippen LogP contribution in [0.15, 0.2) is 77.9 Å². The van der Waals surface area contributed by atoms with Crippen molar-refractivity contribution >= 4 is 28.1 Å². The summed E-state index contributed by atoms with van der Waals surface area (Å²) >= 11 is 0. The highest BCUT2D eigenvalue weighted by Crippen LogP contribution is 2.22. The highest BCUT2D eigenvalue weighted by Gasteiger charge is 2.04. The molecule has 3 aromatic rings. The molecule has 0 bridgehead atoms. The molecule has 0 spiro atoms. The Morgan fingerprint density at radius 3 is 2.46 bits per heavy atom. The average molecular weight is 317 g/mol. The van der Waals surface area contributed by atoms with Crippen molar-refractivity contribution in [3.8, 4) is 0 Å². The van der Waals surface area contributed by atoms with Gasteiger partial charge in [0.1, 0.15) is 0 Å². The van der Waals surface area contributed by atoms with E-state index in [9.17, 15) is 4.79 Å². The zero-order valence-electron chi connectivity index (χ0n) is 13.5. The summed E-state index contributed by atoms with van der Waals surface area (Å²) in [5.74, 6) is -0.182. The number of hydrazone groups is 1. The number of carbonyl (C=O) groups is 1.